The first-order valence-electron chi connectivity index (χ1n) is 8.52. The number of hydrogen-bond donors (Lipinski definition) is 1. The number of alkyl halides is 2. The smallest absolute Gasteiger partial charge is 0.338 e. The van der Waals surface area contributed by atoms with E-state index in [1.807, 2.05) is 30.3 Å². The lowest BCUT2D eigenvalue weighted by Gasteiger charge is -2.16. The van der Waals surface area contributed by atoms with Gasteiger partial charge in [-0.3, -0.25) is 9.59 Å². The summed E-state index contributed by atoms with van der Waals surface area (Å²) in [7, 11) is -4.68. The van der Waals surface area contributed by atoms with Crippen LogP contribution in [-0.2, 0) is 26.0 Å². The molecule has 1 aliphatic heterocycles. The van der Waals surface area contributed by atoms with Gasteiger partial charge in [-0.15, -0.1) is 0 Å². The van der Waals surface area contributed by atoms with Gasteiger partial charge in [0, 0.05) is 25.2 Å². The van der Waals surface area contributed by atoms with Gasteiger partial charge in [-0.2, -0.15) is 8.78 Å². The third kappa shape index (κ3) is 4.36. The van der Waals surface area contributed by atoms with Crippen molar-refractivity contribution < 1.29 is 26.8 Å². The van der Waals surface area contributed by atoms with Crippen molar-refractivity contribution in [1.29, 1.82) is 0 Å². The average Bonchev–Trinajstić information content (AvgIpc) is 3.03. The molecule has 3 rings (SSSR count). The van der Waals surface area contributed by atoms with Gasteiger partial charge in [0.15, 0.2) is 0 Å². The van der Waals surface area contributed by atoms with Gasteiger partial charge < -0.3 is 10.2 Å². The quantitative estimate of drug-likeness (QED) is 0.797. The second-order valence-electron chi connectivity index (χ2n) is 6.48. The molecule has 2 aromatic rings. The molecule has 0 aromatic heterocycles. The standard InChI is InChI=1S/C19H18F2N2O4S/c20-19(21)28(26,27)16-8-6-15(7-9-16)22-18(25)14-10-17(24)23(12-14)11-13-4-2-1-3-5-13/h1-9,14,19H,10-12H2,(H,22,25)/t14-/m1/s1. The van der Waals surface area contributed by atoms with Crippen molar-refractivity contribution in [3.8, 4) is 0 Å². The molecule has 0 spiro atoms. The molecule has 9 heteroatoms. The third-order valence-corrected chi connectivity index (χ3v) is 5.88. The Morgan fingerprint density at radius 2 is 1.75 bits per heavy atom. The van der Waals surface area contributed by atoms with Crippen LogP contribution in [0.3, 0.4) is 0 Å². The third-order valence-electron chi connectivity index (χ3n) is 4.49. The Morgan fingerprint density at radius 1 is 1.11 bits per heavy atom. The minimum atomic E-state index is -4.68. The predicted molar refractivity (Wildman–Crippen MR) is 98.2 cm³/mol. The number of benzene rings is 2. The maximum Gasteiger partial charge on any atom is 0.341 e. The summed E-state index contributed by atoms with van der Waals surface area (Å²) in [5.41, 5.74) is 1.24. The van der Waals surface area contributed by atoms with Crippen LogP contribution in [-0.4, -0.2) is 37.4 Å². The summed E-state index contributed by atoms with van der Waals surface area (Å²) >= 11 is 0. The van der Waals surface area contributed by atoms with Crippen molar-refractivity contribution in [1.82, 2.24) is 4.90 Å². The van der Waals surface area contributed by atoms with Crippen LogP contribution in [0.1, 0.15) is 12.0 Å². The minimum Gasteiger partial charge on any atom is -0.338 e. The minimum absolute atomic E-state index is 0.0799. The fraction of sp³-hybridized carbons (Fsp3) is 0.263. The van der Waals surface area contributed by atoms with E-state index in [9.17, 15) is 26.8 Å². The van der Waals surface area contributed by atoms with E-state index in [2.05, 4.69) is 5.32 Å². The Balaban J connectivity index is 1.61. The van der Waals surface area contributed by atoms with E-state index in [1.165, 1.54) is 12.1 Å². The Morgan fingerprint density at radius 3 is 2.36 bits per heavy atom. The molecule has 0 bridgehead atoms. The molecule has 1 aliphatic rings. The van der Waals surface area contributed by atoms with Crippen molar-refractivity contribution in [2.75, 3.05) is 11.9 Å². The molecule has 1 fully saturated rings. The van der Waals surface area contributed by atoms with Crippen LogP contribution in [0.25, 0.3) is 0 Å². The van der Waals surface area contributed by atoms with Crippen molar-refractivity contribution in [2.45, 2.75) is 23.6 Å². The number of carbonyl (C=O) groups excluding carboxylic acids is 2. The lowest BCUT2D eigenvalue weighted by molar-refractivity contribution is -0.128. The fourth-order valence-corrected chi connectivity index (χ4v) is 3.70. The van der Waals surface area contributed by atoms with Crippen LogP contribution in [0.4, 0.5) is 14.5 Å². The van der Waals surface area contributed by atoms with Gasteiger partial charge in [-0.1, -0.05) is 30.3 Å². The first-order chi connectivity index (χ1) is 13.3. The van der Waals surface area contributed by atoms with Crippen LogP contribution >= 0.6 is 0 Å². The van der Waals surface area contributed by atoms with Crippen molar-refractivity contribution in [3.05, 3.63) is 60.2 Å². The number of nitrogens with one attached hydrogen (secondary N) is 1. The van der Waals surface area contributed by atoms with E-state index in [0.717, 1.165) is 17.7 Å². The molecular weight excluding hydrogens is 390 g/mol. The number of nitrogens with zero attached hydrogens (tertiary/aromatic N) is 1. The highest BCUT2D eigenvalue weighted by molar-refractivity contribution is 7.91. The van der Waals surface area contributed by atoms with E-state index in [4.69, 9.17) is 0 Å². The number of hydrogen-bond acceptors (Lipinski definition) is 4. The molecule has 1 saturated heterocycles. The Hall–Kier alpha value is -2.81. The molecule has 148 valence electrons. The molecule has 0 saturated carbocycles. The van der Waals surface area contributed by atoms with Gasteiger partial charge >= 0.3 is 5.76 Å². The molecule has 1 atom stereocenters. The first-order valence-corrected chi connectivity index (χ1v) is 10.1. The molecule has 0 aliphatic carbocycles. The van der Waals surface area contributed by atoms with Gasteiger partial charge in [0.25, 0.3) is 0 Å². The lowest BCUT2D eigenvalue weighted by atomic mass is 10.1. The maximum atomic E-state index is 12.5. The van der Waals surface area contributed by atoms with Crippen LogP contribution in [0.2, 0.25) is 0 Å². The Bertz CT molecular complexity index is 963. The predicted octanol–water partition coefficient (Wildman–Crippen LogP) is 2.67. The molecule has 1 heterocycles. The number of sulfone groups is 1. The molecule has 0 unspecified atom stereocenters. The van der Waals surface area contributed by atoms with Crippen LogP contribution in [0.5, 0.6) is 0 Å². The zero-order valence-corrected chi connectivity index (χ0v) is 15.5. The summed E-state index contributed by atoms with van der Waals surface area (Å²) in [6.45, 7) is 0.695. The summed E-state index contributed by atoms with van der Waals surface area (Å²) in [6, 6.07) is 13.9. The molecule has 2 amide bonds. The highest BCUT2D eigenvalue weighted by atomic mass is 32.2. The Labute approximate surface area is 161 Å². The summed E-state index contributed by atoms with van der Waals surface area (Å²) in [5.74, 6) is -4.55. The van der Waals surface area contributed by atoms with Crippen LogP contribution in [0.15, 0.2) is 59.5 Å². The number of halogens is 2. The Kier molecular flexibility index (Phi) is 5.73. The SMILES string of the molecule is O=C(Nc1ccc(S(=O)(=O)C(F)F)cc1)[C@@H]1CC(=O)N(Cc2ccccc2)C1. The fourth-order valence-electron chi connectivity index (χ4n) is 2.98. The highest BCUT2D eigenvalue weighted by Crippen LogP contribution is 2.23. The van der Waals surface area contributed by atoms with Gasteiger partial charge in [0.05, 0.1) is 10.8 Å². The van der Waals surface area contributed by atoms with E-state index in [0.29, 0.717) is 6.54 Å². The summed E-state index contributed by atoms with van der Waals surface area (Å²) in [4.78, 5) is 25.7. The molecule has 1 N–H and O–H groups in total. The molecule has 2 aromatic carbocycles. The number of likely N-dealkylation sites (tertiary alicyclic amines) is 1. The molecule has 0 radical (unpaired) electrons. The molecule has 6 nitrogen and oxygen atoms in total. The molecular formula is C19H18F2N2O4S. The zero-order valence-electron chi connectivity index (χ0n) is 14.7. The van der Waals surface area contributed by atoms with Crippen molar-refractivity contribution in [2.24, 2.45) is 5.92 Å². The highest BCUT2D eigenvalue weighted by Gasteiger charge is 2.34. The number of carbonyl (C=O) groups is 2. The van der Waals surface area contributed by atoms with Gasteiger partial charge in [-0.05, 0) is 29.8 Å². The number of amides is 2. The van der Waals surface area contributed by atoms with Crippen molar-refractivity contribution >= 4 is 27.3 Å². The monoisotopic (exact) mass is 408 g/mol. The van der Waals surface area contributed by atoms with E-state index in [-0.39, 0.29) is 30.5 Å². The second-order valence-corrected chi connectivity index (χ2v) is 8.40. The topological polar surface area (TPSA) is 83.5 Å². The van der Waals surface area contributed by atoms with Crippen LogP contribution < -0.4 is 5.32 Å². The van der Waals surface area contributed by atoms with Gasteiger partial charge in [0.1, 0.15) is 0 Å². The van der Waals surface area contributed by atoms with Gasteiger partial charge in [0.2, 0.25) is 21.7 Å². The normalized spacial score (nSPS) is 17.2. The summed E-state index contributed by atoms with van der Waals surface area (Å²) < 4.78 is 47.9. The van der Waals surface area contributed by atoms with E-state index >= 15 is 0 Å². The van der Waals surface area contributed by atoms with Crippen molar-refractivity contribution in [3.63, 3.8) is 0 Å². The molecule has 28 heavy (non-hydrogen) atoms. The first kappa shape index (κ1) is 19.9. The maximum absolute atomic E-state index is 12.5. The van der Waals surface area contributed by atoms with Crippen LogP contribution in [0, 0.1) is 5.92 Å². The van der Waals surface area contributed by atoms with E-state index < -0.39 is 26.4 Å². The lowest BCUT2D eigenvalue weighted by Crippen LogP contribution is -2.28. The largest absolute Gasteiger partial charge is 0.341 e. The van der Waals surface area contributed by atoms with E-state index in [1.54, 1.807) is 4.90 Å². The number of rotatable bonds is 6. The second kappa shape index (κ2) is 8.05. The van der Waals surface area contributed by atoms with Gasteiger partial charge in [-0.25, -0.2) is 8.42 Å². The summed E-state index contributed by atoms with van der Waals surface area (Å²) in [6.07, 6.45) is 0.0799. The number of anilines is 1. The zero-order chi connectivity index (χ0) is 20.3. The average molecular weight is 408 g/mol. The summed E-state index contributed by atoms with van der Waals surface area (Å²) in [5, 5.41) is 2.60.